The number of amides is 1. The molecule has 7 heteroatoms. The average molecular weight is 329 g/mol. The molecule has 1 amide bonds. The highest BCUT2D eigenvalue weighted by atomic mass is 79.9. The molecule has 0 aliphatic rings. The van der Waals surface area contributed by atoms with Gasteiger partial charge in [0.2, 0.25) is 0 Å². The molecule has 18 heavy (non-hydrogen) atoms. The molecule has 0 aromatic carbocycles. The average Bonchev–Trinajstić information content (AvgIpc) is 2.91. The second-order valence-corrected chi connectivity index (χ2v) is 5.84. The largest absolute Gasteiger partial charge is 0.289 e. The van der Waals surface area contributed by atoms with Gasteiger partial charge in [-0.2, -0.15) is 5.10 Å². The molecule has 0 saturated carbocycles. The van der Waals surface area contributed by atoms with Gasteiger partial charge in [0.25, 0.3) is 5.91 Å². The van der Waals surface area contributed by atoms with Crippen LogP contribution in [0.15, 0.2) is 16.6 Å². The van der Waals surface area contributed by atoms with E-state index in [4.69, 9.17) is 5.84 Å². The number of aryl methyl sites for hydroxylation is 1. The summed E-state index contributed by atoms with van der Waals surface area (Å²) in [5, 5.41) is 4.43. The van der Waals surface area contributed by atoms with E-state index in [1.54, 1.807) is 6.07 Å². The van der Waals surface area contributed by atoms with Crippen molar-refractivity contribution in [2.24, 2.45) is 5.84 Å². The Bertz CT molecular complexity index is 590. The van der Waals surface area contributed by atoms with Crippen LogP contribution >= 0.6 is 27.3 Å². The van der Waals surface area contributed by atoms with Crippen LogP contribution in [0.1, 0.15) is 25.9 Å². The van der Waals surface area contributed by atoms with E-state index in [1.165, 1.54) is 11.3 Å². The van der Waals surface area contributed by atoms with Gasteiger partial charge >= 0.3 is 0 Å². The van der Waals surface area contributed by atoms with Gasteiger partial charge in [-0.25, -0.2) is 5.84 Å². The summed E-state index contributed by atoms with van der Waals surface area (Å²) in [5.41, 5.74) is 4.16. The van der Waals surface area contributed by atoms with E-state index in [9.17, 15) is 4.79 Å². The maximum Gasteiger partial charge on any atom is 0.275 e. The van der Waals surface area contributed by atoms with E-state index in [2.05, 4.69) is 26.5 Å². The molecule has 0 radical (unpaired) electrons. The van der Waals surface area contributed by atoms with Crippen molar-refractivity contribution >= 4 is 33.2 Å². The van der Waals surface area contributed by atoms with Crippen molar-refractivity contribution in [2.45, 2.75) is 20.4 Å². The van der Waals surface area contributed by atoms with Gasteiger partial charge in [0, 0.05) is 4.88 Å². The molecule has 0 unspecified atom stereocenters. The molecule has 3 N–H and O–H groups in total. The number of nitrogen functional groups attached to an aromatic ring is 1. The Morgan fingerprint density at radius 1 is 1.56 bits per heavy atom. The molecular formula is C11H13BrN4OS. The number of carbonyl (C=O) groups excluding carboxylic acids is 1. The van der Waals surface area contributed by atoms with E-state index < -0.39 is 0 Å². The second-order valence-electron chi connectivity index (χ2n) is 3.88. The van der Waals surface area contributed by atoms with Crippen molar-refractivity contribution in [1.29, 1.82) is 0 Å². The molecule has 0 aliphatic heterocycles. The fourth-order valence-electron chi connectivity index (χ4n) is 1.63. The number of halogens is 1. The highest BCUT2D eigenvalue weighted by molar-refractivity contribution is 9.10. The van der Waals surface area contributed by atoms with Crippen molar-refractivity contribution in [3.8, 4) is 0 Å². The monoisotopic (exact) mass is 328 g/mol. The van der Waals surface area contributed by atoms with Crippen LogP contribution in [0.25, 0.3) is 0 Å². The zero-order valence-corrected chi connectivity index (χ0v) is 12.4. The van der Waals surface area contributed by atoms with Gasteiger partial charge in [-0.15, -0.1) is 11.3 Å². The number of thiophene rings is 1. The first kappa shape index (κ1) is 13.3. The molecule has 2 rings (SSSR count). The molecule has 5 nitrogen and oxygen atoms in total. The number of nitrogens with zero attached hydrogens (tertiary/aromatic N) is 2. The Morgan fingerprint density at radius 3 is 2.83 bits per heavy atom. The summed E-state index contributed by atoms with van der Waals surface area (Å²) in [5.74, 6) is 4.83. The lowest BCUT2D eigenvalue weighted by Crippen LogP contribution is -2.29. The Hall–Kier alpha value is -1.18. The van der Waals surface area contributed by atoms with E-state index in [0.29, 0.717) is 11.4 Å². The van der Waals surface area contributed by atoms with Crippen molar-refractivity contribution < 1.29 is 4.79 Å². The molecular weight excluding hydrogens is 316 g/mol. The van der Waals surface area contributed by atoms with Gasteiger partial charge in [0.15, 0.2) is 0 Å². The Morgan fingerprint density at radius 2 is 2.28 bits per heavy atom. The van der Waals surface area contributed by atoms with Gasteiger partial charge in [-0.3, -0.25) is 14.9 Å². The third-order valence-corrected chi connectivity index (χ3v) is 4.83. The van der Waals surface area contributed by atoms with E-state index in [0.717, 1.165) is 20.7 Å². The lowest BCUT2D eigenvalue weighted by molar-refractivity contribution is 0.0957. The first-order valence-corrected chi connectivity index (χ1v) is 6.93. The van der Waals surface area contributed by atoms with Gasteiger partial charge in [0.1, 0.15) is 0 Å². The van der Waals surface area contributed by atoms with Gasteiger partial charge in [0.05, 0.1) is 27.3 Å². The molecule has 2 aromatic rings. The summed E-state index contributed by atoms with van der Waals surface area (Å²) in [7, 11) is 0. The summed E-state index contributed by atoms with van der Waals surface area (Å²) in [6, 6.07) is 3.68. The molecule has 0 fully saturated rings. The highest BCUT2D eigenvalue weighted by Gasteiger charge is 2.11. The van der Waals surface area contributed by atoms with E-state index >= 15 is 0 Å². The fourth-order valence-corrected chi connectivity index (χ4v) is 2.81. The predicted molar refractivity (Wildman–Crippen MR) is 74.5 cm³/mol. The van der Waals surface area contributed by atoms with Crippen LogP contribution in [0, 0.1) is 13.8 Å². The molecule has 0 atom stereocenters. The lowest BCUT2D eigenvalue weighted by atomic mass is 10.4. The summed E-state index contributed by atoms with van der Waals surface area (Å²) < 4.78 is 2.94. The van der Waals surface area contributed by atoms with Crippen LogP contribution in [0.3, 0.4) is 0 Å². The first-order valence-electron chi connectivity index (χ1n) is 5.32. The smallest absolute Gasteiger partial charge is 0.275 e. The highest BCUT2D eigenvalue weighted by Crippen LogP contribution is 2.23. The third kappa shape index (κ3) is 2.47. The van der Waals surface area contributed by atoms with E-state index in [1.807, 2.05) is 24.6 Å². The lowest BCUT2D eigenvalue weighted by Gasteiger charge is -2.01. The standard InChI is InChI=1S/C11H13BrN4OS/c1-6-10(12)7(2)16(15-6)5-8-3-4-9(18-8)11(17)14-13/h3-4H,5,13H2,1-2H3,(H,14,17). The van der Waals surface area contributed by atoms with Crippen LogP contribution in [0.2, 0.25) is 0 Å². The van der Waals surface area contributed by atoms with Gasteiger partial charge in [-0.05, 0) is 41.9 Å². The van der Waals surface area contributed by atoms with Gasteiger partial charge < -0.3 is 0 Å². The topological polar surface area (TPSA) is 72.9 Å². The minimum atomic E-state index is -0.263. The number of hydrogen-bond donors (Lipinski definition) is 2. The van der Waals surface area contributed by atoms with Crippen molar-refractivity contribution in [1.82, 2.24) is 15.2 Å². The molecule has 0 spiro atoms. The number of aromatic nitrogens is 2. The number of hydrazine groups is 1. The maximum absolute atomic E-state index is 11.3. The molecule has 2 aromatic heterocycles. The zero-order chi connectivity index (χ0) is 13.3. The number of hydrogen-bond acceptors (Lipinski definition) is 4. The minimum Gasteiger partial charge on any atom is -0.289 e. The Balaban J connectivity index is 2.21. The normalized spacial score (nSPS) is 10.7. The Kier molecular flexibility index (Phi) is 3.84. The zero-order valence-electron chi connectivity index (χ0n) is 10.0. The van der Waals surface area contributed by atoms with Crippen LogP contribution in [0.5, 0.6) is 0 Å². The Labute approximate surface area is 117 Å². The maximum atomic E-state index is 11.3. The quantitative estimate of drug-likeness (QED) is 0.514. The summed E-state index contributed by atoms with van der Waals surface area (Å²) in [6.07, 6.45) is 0. The van der Waals surface area contributed by atoms with E-state index in [-0.39, 0.29) is 5.91 Å². The molecule has 96 valence electrons. The summed E-state index contributed by atoms with van der Waals surface area (Å²) in [4.78, 5) is 13.0. The molecule has 0 saturated heterocycles. The van der Waals surface area contributed by atoms with Gasteiger partial charge in [-0.1, -0.05) is 0 Å². The number of nitrogens with one attached hydrogen (secondary N) is 1. The fraction of sp³-hybridized carbons (Fsp3) is 0.273. The molecule has 0 bridgehead atoms. The molecule has 2 heterocycles. The number of nitrogens with two attached hydrogens (primary N) is 1. The molecule has 0 aliphatic carbocycles. The SMILES string of the molecule is Cc1nn(Cc2ccc(C(=O)NN)s2)c(C)c1Br. The first-order chi connectivity index (χ1) is 8.52. The summed E-state index contributed by atoms with van der Waals surface area (Å²) >= 11 is 4.91. The van der Waals surface area contributed by atoms with Crippen LogP contribution in [-0.4, -0.2) is 15.7 Å². The second kappa shape index (κ2) is 5.21. The van der Waals surface area contributed by atoms with Crippen LogP contribution in [-0.2, 0) is 6.54 Å². The predicted octanol–water partition coefficient (Wildman–Crippen LogP) is 1.98. The number of carbonyl (C=O) groups is 1. The minimum absolute atomic E-state index is 0.263. The van der Waals surface area contributed by atoms with Crippen molar-refractivity contribution in [2.75, 3.05) is 0 Å². The number of rotatable bonds is 3. The summed E-state index contributed by atoms with van der Waals surface area (Å²) in [6.45, 7) is 4.61. The van der Waals surface area contributed by atoms with Crippen LogP contribution < -0.4 is 11.3 Å². The van der Waals surface area contributed by atoms with Crippen molar-refractivity contribution in [3.05, 3.63) is 37.7 Å². The van der Waals surface area contributed by atoms with Crippen molar-refractivity contribution in [3.63, 3.8) is 0 Å². The van der Waals surface area contributed by atoms with Crippen LogP contribution in [0.4, 0.5) is 0 Å². The third-order valence-electron chi connectivity index (χ3n) is 2.62.